The summed E-state index contributed by atoms with van der Waals surface area (Å²) in [5.74, 6) is 0.381. The monoisotopic (exact) mass is 195 g/mol. The minimum Gasteiger partial charge on any atom is -0.378 e. The second-order valence-corrected chi connectivity index (χ2v) is 4.75. The van der Waals surface area contributed by atoms with E-state index < -0.39 is 10.6 Å². The maximum Gasteiger partial charge on any atom is 0.129 e. The van der Waals surface area contributed by atoms with Gasteiger partial charge in [0.15, 0.2) is 0 Å². The van der Waals surface area contributed by atoms with Crippen molar-refractivity contribution in [2.75, 3.05) is 13.1 Å². The molecule has 1 N–H and O–H groups in total. The van der Waals surface area contributed by atoms with Gasteiger partial charge < -0.3 is 5.11 Å². The van der Waals surface area contributed by atoms with E-state index in [0.717, 1.165) is 13.1 Å². The molecular weight excluding hydrogens is 185 g/mol. The first-order valence-electron chi connectivity index (χ1n) is 3.89. The number of piperidine rings is 1. The summed E-state index contributed by atoms with van der Waals surface area (Å²) >= 11 is 11.8. The van der Waals surface area contributed by atoms with Crippen molar-refractivity contribution >= 4 is 23.2 Å². The van der Waals surface area contributed by atoms with Crippen molar-refractivity contribution in [1.29, 1.82) is 0 Å². The zero-order chi connectivity index (χ0) is 8.22. The molecule has 2 fully saturated rings. The lowest BCUT2D eigenvalue weighted by atomic mass is 10.3. The Morgan fingerprint density at radius 1 is 1.64 bits per heavy atom. The SMILES string of the molecule is CCN1CC2C(C1O)C2(Cl)Cl. The zero-order valence-corrected chi connectivity index (χ0v) is 7.81. The number of aliphatic hydroxyl groups is 1. The van der Waals surface area contributed by atoms with Crippen LogP contribution < -0.4 is 0 Å². The van der Waals surface area contributed by atoms with Gasteiger partial charge in [-0.2, -0.15) is 0 Å². The van der Waals surface area contributed by atoms with E-state index >= 15 is 0 Å². The summed E-state index contributed by atoms with van der Waals surface area (Å²) in [7, 11) is 0. The van der Waals surface area contributed by atoms with Crippen LogP contribution in [0, 0.1) is 11.8 Å². The topological polar surface area (TPSA) is 23.5 Å². The normalized spacial score (nSPS) is 47.5. The number of aliphatic hydroxyl groups excluding tert-OH is 1. The highest BCUT2D eigenvalue weighted by molar-refractivity contribution is 6.51. The summed E-state index contributed by atoms with van der Waals surface area (Å²) in [6.45, 7) is 3.74. The average molecular weight is 196 g/mol. The summed E-state index contributed by atoms with van der Waals surface area (Å²) in [5.41, 5.74) is 0. The highest BCUT2D eigenvalue weighted by Crippen LogP contribution is 2.64. The summed E-state index contributed by atoms with van der Waals surface area (Å²) in [4.78, 5) is 2.00. The van der Waals surface area contributed by atoms with Gasteiger partial charge in [-0.25, -0.2) is 0 Å². The quantitative estimate of drug-likeness (QED) is 0.634. The van der Waals surface area contributed by atoms with Crippen LogP contribution in [-0.2, 0) is 0 Å². The minimum absolute atomic E-state index is 0.0887. The maximum atomic E-state index is 9.59. The second kappa shape index (κ2) is 2.25. The molecule has 0 bridgehead atoms. The molecule has 0 aromatic heterocycles. The molecule has 4 heteroatoms. The smallest absolute Gasteiger partial charge is 0.129 e. The Morgan fingerprint density at radius 2 is 2.27 bits per heavy atom. The van der Waals surface area contributed by atoms with Gasteiger partial charge in [0.1, 0.15) is 10.6 Å². The Balaban J connectivity index is 2.06. The summed E-state index contributed by atoms with van der Waals surface area (Å²) in [5, 5.41) is 9.59. The van der Waals surface area contributed by atoms with Crippen molar-refractivity contribution < 1.29 is 5.11 Å². The van der Waals surface area contributed by atoms with Crippen LogP contribution >= 0.6 is 23.2 Å². The van der Waals surface area contributed by atoms with E-state index in [0.29, 0.717) is 5.92 Å². The molecular formula is C7H11Cl2NO. The lowest BCUT2D eigenvalue weighted by Gasteiger charge is -2.23. The molecule has 2 nitrogen and oxygen atoms in total. The van der Waals surface area contributed by atoms with Crippen molar-refractivity contribution in [1.82, 2.24) is 4.90 Å². The number of nitrogens with zero attached hydrogens (tertiary/aromatic N) is 1. The Morgan fingerprint density at radius 3 is 2.64 bits per heavy atom. The molecule has 1 aliphatic carbocycles. The number of likely N-dealkylation sites (tertiary alicyclic amines) is 1. The molecule has 3 atom stereocenters. The summed E-state index contributed by atoms with van der Waals surface area (Å²) in [6.07, 6.45) is -0.417. The molecule has 0 amide bonds. The van der Waals surface area contributed by atoms with Gasteiger partial charge in [-0.3, -0.25) is 4.90 Å². The molecule has 1 saturated carbocycles. The first-order valence-corrected chi connectivity index (χ1v) is 4.64. The van der Waals surface area contributed by atoms with Gasteiger partial charge in [-0.15, -0.1) is 23.2 Å². The molecule has 1 aliphatic heterocycles. The van der Waals surface area contributed by atoms with Crippen LogP contribution in [-0.4, -0.2) is 33.7 Å². The Kier molecular flexibility index (Phi) is 1.66. The molecule has 1 saturated heterocycles. The highest BCUT2D eigenvalue weighted by Gasteiger charge is 2.71. The molecule has 0 aromatic carbocycles. The Hall–Kier alpha value is 0.500. The molecule has 0 radical (unpaired) electrons. The predicted octanol–water partition coefficient (Wildman–Crippen LogP) is 1.06. The van der Waals surface area contributed by atoms with Crippen molar-refractivity contribution in [2.45, 2.75) is 17.5 Å². The van der Waals surface area contributed by atoms with Gasteiger partial charge in [0.2, 0.25) is 0 Å². The zero-order valence-electron chi connectivity index (χ0n) is 6.30. The van der Waals surface area contributed by atoms with Gasteiger partial charge in [0.25, 0.3) is 0 Å². The molecule has 3 unspecified atom stereocenters. The van der Waals surface area contributed by atoms with E-state index in [1.807, 2.05) is 11.8 Å². The summed E-state index contributed by atoms with van der Waals surface area (Å²) < 4.78 is -0.634. The standard InChI is InChI=1S/C7H11Cl2NO/c1-2-10-3-4-5(6(10)11)7(4,8)9/h4-6,11H,2-3H2,1H3. The fourth-order valence-corrected chi connectivity index (χ4v) is 2.78. The highest BCUT2D eigenvalue weighted by atomic mass is 35.5. The Labute approximate surface area is 76.1 Å². The number of alkyl halides is 2. The minimum atomic E-state index is -0.634. The number of rotatable bonds is 1. The lowest BCUT2D eigenvalue weighted by molar-refractivity contribution is 0.0173. The van der Waals surface area contributed by atoms with Gasteiger partial charge in [0.05, 0.1) is 0 Å². The van der Waals surface area contributed by atoms with E-state index in [4.69, 9.17) is 23.2 Å². The van der Waals surface area contributed by atoms with E-state index in [1.165, 1.54) is 0 Å². The molecule has 1 heterocycles. The van der Waals surface area contributed by atoms with Crippen molar-refractivity contribution in [2.24, 2.45) is 11.8 Å². The van der Waals surface area contributed by atoms with Crippen molar-refractivity contribution in [3.05, 3.63) is 0 Å². The van der Waals surface area contributed by atoms with Gasteiger partial charge in [-0.1, -0.05) is 6.92 Å². The van der Waals surface area contributed by atoms with E-state index in [-0.39, 0.29) is 5.92 Å². The average Bonchev–Trinajstić information content (AvgIpc) is 2.34. The third-order valence-corrected chi connectivity index (χ3v) is 3.86. The lowest BCUT2D eigenvalue weighted by Crippen LogP contribution is -2.35. The molecule has 0 spiro atoms. The van der Waals surface area contributed by atoms with E-state index in [1.54, 1.807) is 0 Å². The number of hydrogen-bond acceptors (Lipinski definition) is 2. The fraction of sp³-hybridized carbons (Fsp3) is 1.00. The van der Waals surface area contributed by atoms with Crippen LogP contribution in [0.25, 0.3) is 0 Å². The summed E-state index contributed by atoms with van der Waals surface area (Å²) in [6, 6.07) is 0. The van der Waals surface area contributed by atoms with Crippen LogP contribution in [0.15, 0.2) is 0 Å². The maximum absolute atomic E-state index is 9.59. The molecule has 11 heavy (non-hydrogen) atoms. The molecule has 0 aromatic rings. The van der Waals surface area contributed by atoms with Crippen LogP contribution in [0.4, 0.5) is 0 Å². The molecule has 2 rings (SSSR count). The molecule has 2 aliphatic rings. The second-order valence-electron chi connectivity index (χ2n) is 3.31. The van der Waals surface area contributed by atoms with Gasteiger partial charge >= 0.3 is 0 Å². The first-order chi connectivity index (χ1) is 5.09. The van der Waals surface area contributed by atoms with E-state index in [9.17, 15) is 5.11 Å². The van der Waals surface area contributed by atoms with Crippen LogP contribution in [0.5, 0.6) is 0 Å². The third-order valence-electron chi connectivity index (χ3n) is 2.80. The van der Waals surface area contributed by atoms with E-state index in [2.05, 4.69) is 0 Å². The predicted molar refractivity (Wildman–Crippen MR) is 44.7 cm³/mol. The Bertz CT molecular complexity index is 185. The van der Waals surface area contributed by atoms with Crippen LogP contribution in [0.2, 0.25) is 0 Å². The van der Waals surface area contributed by atoms with Crippen molar-refractivity contribution in [3.8, 4) is 0 Å². The largest absolute Gasteiger partial charge is 0.378 e. The van der Waals surface area contributed by atoms with Crippen LogP contribution in [0.1, 0.15) is 6.92 Å². The number of fused-ring (bicyclic) bond motifs is 1. The van der Waals surface area contributed by atoms with Gasteiger partial charge in [-0.05, 0) is 6.54 Å². The number of halogens is 2. The number of hydrogen-bond donors (Lipinski definition) is 1. The fourth-order valence-electron chi connectivity index (χ4n) is 1.96. The third kappa shape index (κ3) is 0.934. The van der Waals surface area contributed by atoms with Gasteiger partial charge in [0, 0.05) is 18.4 Å². The first kappa shape index (κ1) is 8.11. The van der Waals surface area contributed by atoms with Crippen molar-refractivity contribution in [3.63, 3.8) is 0 Å². The van der Waals surface area contributed by atoms with Crippen LogP contribution in [0.3, 0.4) is 0 Å². The molecule has 64 valence electrons.